The molecule has 0 aliphatic rings. The van der Waals surface area contributed by atoms with Crippen LogP contribution in [0.4, 0.5) is 0 Å². The monoisotopic (exact) mass is 445 g/mol. The summed E-state index contributed by atoms with van der Waals surface area (Å²) >= 11 is 0. The van der Waals surface area contributed by atoms with Crippen LogP contribution >= 0.6 is 0 Å². The van der Waals surface area contributed by atoms with E-state index in [1.807, 2.05) is 97.1 Å². The van der Waals surface area contributed by atoms with Crippen molar-refractivity contribution in [3.05, 3.63) is 114 Å². The Balaban J connectivity index is 1.67. The predicted octanol–water partition coefficient (Wildman–Crippen LogP) is 6.82. The van der Waals surface area contributed by atoms with Crippen LogP contribution in [0.25, 0.3) is 33.3 Å². The molecule has 4 nitrogen and oxygen atoms in total. The summed E-state index contributed by atoms with van der Waals surface area (Å²) in [5, 5.41) is 0.907. The van der Waals surface area contributed by atoms with Gasteiger partial charge in [-0.15, -0.1) is 0 Å². The Kier molecular flexibility index (Phi) is 5.79. The number of carbonyl (C=O) groups is 1. The van der Waals surface area contributed by atoms with Gasteiger partial charge in [0.05, 0.1) is 25.4 Å². The summed E-state index contributed by atoms with van der Waals surface area (Å²) < 4.78 is 10.7. The molecule has 1 aromatic heterocycles. The first kappa shape index (κ1) is 21.4. The van der Waals surface area contributed by atoms with Crippen molar-refractivity contribution in [3.63, 3.8) is 0 Å². The Morgan fingerprint density at radius 2 is 1.26 bits per heavy atom. The molecule has 0 aliphatic carbocycles. The van der Waals surface area contributed by atoms with Crippen LogP contribution in [0.5, 0.6) is 11.5 Å². The lowest BCUT2D eigenvalue weighted by atomic mass is 9.95. The molecule has 0 N–H and O–H groups in total. The molecule has 0 saturated carbocycles. The number of hydrogen-bond acceptors (Lipinski definition) is 4. The van der Waals surface area contributed by atoms with E-state index in [1.165, 1.54) is 0 Å². The van der Waals surface area contributed by atoms with Gasteiger partial charge in [-0.2, -0.15) is 0 Å². The maximum Gasteiger partial charge on any atom is 0.193 e. The second-order valence-corrected chi connectivity index (χ2v) is 7.94. The maximum absolute atomic E-state index is 13.0. The van der Waals surface area contributed by atoms with E-state index in [4.69, 9.17) is 14.5 Å². The lowest BCUT2D eigenvalue weighted by Crippen LogP contribution is -2.01. The summed E-state index contributed by atoms with van der Waals surface area (Å²) in [5.74, 6) is 1.58. The second-order valence-electron chi connectivity index (χ2n) is 7.94. The summed E-state index contributed by atoms with van der Waals surface area (Å²) in [6.45, 7) is 0. The first-order valence-electron chi connectivity index (χ1n) is 11.0. The average Bonchev–Trinajstić information content (AvgIpc) is 2.92. The van der Waals surface area contributed by atoms with Crippen LogP contribution in [-0.4, -0.2) is 25.0 Å². The smallest absolute Gasteiger partial charge is 0.193 e. The maximum atomic E-state index is 13.0. The first-order chi connectivity index (χ1) is 16.7. The Labute approximate surface area is 198 Å². The van der Waals surface area contributed by atoms with Crippen molar-refractivity contribution in [2.75, 3.05) is 14.2 Å². The standard InChI is InChI=1S/C30H23NO3/c1-33-25-13-8-20(9-14-25)27-19-24-18-23(30(32)22-6-4-3-5-7-22)12-17-28(24)31-29(27)21-10-15-26(34-2)16-11-21/h3-19H,1-2H3. The lowest BCUT2D eigenvalue weighted by Gasteiger charge is -2.13. The third kappa shape index (κ3) is 4.14. The Morgan fingerprint density at radius 3 is 1.88 bits per heavy atom. The number of ether oxygens (including phenoxy) is 2. The zero-order valence-electron chi connectivity index (χ0n) is 19.0. The summed E-state index contributed by atoms with van der Waals surface area (Å²) in [4.78, 5) is 18.0. The molecule has 0 bridgehead atoms. The van der Waals surface area contributed by atoms with Gasteiger partial charge in [0.25, 0.3) is 0 Å². The molecule has 0 radical (unpaired) electrons. The second kappa shape index (κ2) is 9.20. The Bertz CT molecular complexity index is 1460. The molecule has 0 spiro atoms. The molecule has 166 valence electrons. The third-order valence-electron chi connectivity index (χ3n) is 5.88. The van der Waals surface area contributed by atoms with Crippen LogP contribution in [0.15, 0.2) is 103 Å². The number of fused-ring (bicyclic) bond motifs is 1. The first-order valence-corrected chi connectivity index (χ1v) is 11.0. The zero-order valence-corrected chi connectivity index (χ0v) is 19.0. The van der Waals surface area contributed by atoms with Gasteiger partial charge in [0.15, 0.2) is 5.78 Å². The highest BCUT2D eigenvalue weighted by Gasteiger charge is 2.15. The van der Waals surface area contributed by atoms with Crippen LogP contribution in [0.3, 0.4) is 0 Å². The van der Waals surface area contributed by atoms with Gasteiger partial charge in [0.1, 0.15) is 11.5 Å². The van der Waals surface area contributed by atoms with Crippen molar-refractivity contribution < 1.29 is 14.3 Å². The van der Waals surface area contributed by atoms with Gasteiger partial charge in [-0.25, -0.2) is 4.98 Å². The van der Waals surface area contributed by atoms with Crippen molar-refractivity contribution >= 4 is 16.7 Å². The van der Waals surface area contributed by atoms with Gasteiger partial charge in [0, 0.05) is 27.6 Å². The number of hydrogen-bond donors (Lipinski definition) is 0. The third-order valence-corrected chi connectivity index (χ3v) is 5.88. The van der Waals surface area contributed by atoms with Crippen molar-refractivity contribution in [2.45, 2.75) is 0 Å². The quantitative estimate of drug-likeness (QED) is 0.269. The van der Waals surface area contributed by atoms with Gasteiger partial charge in [0.2, 0.25) is 0 Å². The number of ketones is 1. The molecular formula is C30H23NO3. The van der Waals surface area contributed by atoms with Gasteiger partial charge >= 0.3 is 0 Å². The molecule has 5 aromatic rings. The van der Waals surface area contributed by atoms with Crippen molar-refractivity contribution in [1.29, 1.82) is 0 Å². The van der Waals surface area contributed by atoms with Crippen LogP contribution in [-0.2, 0) is 0 Å². The van der Waals surface area contributed by atoms with Crippen LogP contribution in [0.2, 0.25) is 0 Å². The van der Waals surface area contributed by atoms with Crippen molar-refractivity contribution in [1.82, 2.24) is 4.98 Å². The summed E-state index contributed by atoms with van der Waals surface area (Å²) in [6.07, 6.45) is 0. The van der Waals surface area contributed by atoms with Crippen LogP contribution < -0.4 is 9.47 Å². The van der Waals surface area contributed by atoms with Crippen molar-refractivity contribution in [3.8, 4) is 33.9 Å². The van der Waals surface area contributed by atoms with Gasteiger partial charge < -0.3 is 9.47 Å². The molecule has 5 rings (SSSR count). The fraction of sp³-hybridized carbons (Fsp3) is 0.0667. The van der Waals surface area contributed by atoms with Gasteiger partial charge in [-0.3, -0.25) is 4.79 Å². The number of benzene rings is 4. The molecule has 0 saturated heterocycles. The number of aromatic nitrogens is 1. The molecule has 0 atom stereocenters. The Morgan fingerprint density at radius 1 is 0.647 bits per heavy atom. The van der Waals surface area contributed by atoms with Crippen LogP contribution in [0, 0.1) is 0 Å². The lowest BCUT2D eigenvalue weighted by molar-refractivity contribution is 0.103. The fourth-order valence-electron chi connectivity index (χ4n) is 4.03. The van der Waals surface area contributed by atoms with Crippen LogP contribution in [0.1, 0.15) is 15.9 Å². The largest absolute Gasteiger partial charge is 0.497 e. The highest BCUT2D eigenvalue weighted by atomic mass is 16.5. The highest BCUT2D eigenvalue weighted by molar-refractivity contribution is 6.10. The molecule has 4 heteroatoms. The Hall–Kier alpha value is -4.44. The molecular weight excluding hydrogens is 422 g/mol. The molecule has 0 unspecified atom stereocenters. The predicted molar refractivity (Wildman–Crippen MR) is 136 cm³/mol. The topological polar surface area (TPSA) is 48.4 Å². The number of methoxy groups -OCH3 is 2. The highest BCUT2D eigenvalue weighted by Crippen LogP contribution is 2.35. The van der Waals surface area contributed by atoms with E-state index in [0.717, 1.165) is 44.8 Å². The van der Waals surface area contributed by atoms with E-state index in [9.17, 15) is 4.79 Å². The van der Waals surface area contributed by atoms with E-state index in [1.54, 1.807) is 14.2 Å². The minimum Gasteiger partial charge on any atom is -0.497 e. The van der Waals surface area contributed by atoms with E-state index < -0.39 is 0 Å². The minimum atomic E-state index is -0.00673. The molecule has 0 aliphatic heterocycles. The van der Waals surface area contributed by atoms with E-state index in [0.29, 0.717) is 11.1 Å². The van der Waals surface area contributed by atoms with E-state index in [-0.39, 0.29) is 5.78 Å². The molecule has 0 fully saturated rings. The molecule has 4 aromatic carbocycles. The molecule has 0 amide bonds. The fourth-order valence-corrected chi connectivity index (χ4v) is 4.03. The molecule has 1 heterocycles. The summed E-state index contributed by atoms with van der Waals surface area (Å²) in [6, 6.07) is 32.9. The zero-order chi connectivity index (χ0) is 23.5. The van der Waals surface area contributed by atoms with Gasteiger partial charge in [-0.05, 0) is 66.2 Å². The minimum absolute atomic E-state index is 0.00673. The summed E-state index contributed by atoms with van der Waals surface area (Å²) in [7, 11) is 3.31. The summed E-state index contributed by atoms with van der Waals surface area (Å²) in [5.41, 5.74) is 5.97. The number of carbonyl (C=O) groups excluding carboxylic acids is 1. The number of rotatable bonds is 6. The van der Waals surface area contributed by atoms with E-state index in [2.05, 4.69) is 6.07 Å². The normalized spacial score (nSPS) is 10.8. The average molecular weight is 446 g/mol. The number of nitrogens with zero attached hydrogens (tertiary/aromatic N) is 1. The SMILES string of the molecule is COc1ccc(-c2cc3cc(C(=O)c4ccccc4)ccc3nc2-c2ccc(OC)cc2)cc1. The molecule has 34 heavy (non-hydrogen) atoms. The van der Waals surface area contributed by atoms with Gasteiger partial charge in [-0.1, -0.05) is 42.5 Å². The van der Waals surface area contributed by atoms with E-state index >= 15 is 0 Å². The number of pyridine rings is 1. The van der Waals surface area contributed by atoms with Crippen molar-refractivity contribution in [2.24, 2.45) is 0 Å².